The van der Waals surface area contributed by atoms with Crippen molar-refractivity contribution < 1.29 is 14.3 Å². The van der Waals surface area contributed by atoms with Crippen LogP contribution in [0.4, 0.5) is 10.5 Å². The van der Waals surface area contributed by atoms with Crippen LogP contribution < -0.4 is 5.01 Å². The Morgan fingerprint density at radius 1 is 1.13 bits per heavy atom. The molecule has 2 heterocycles. The number of carboxylic acid groups (broad SMARTS) is 1. The van der Waals surface area contributed by atoms with Gasteiger partial charge in [-0.05, 0) is 42.0 Å². The number of hydrogen-bond donors (Lipinski definition) is 1. The van der Waals surface area contributed by atoms with Crippen molar-refractivity contribution in [2.24, 2.45) is 5.10 Å². The number of nitrogens with zero attached hydrogens (tertiary/aromatic N) is 4. The fourth-order valence-corrected chi connectivity index (χ4v) is 1.93. The van der Waals surface area contributed by atoms with E-state index in [1.165, 1.54) is 12.6 Å². The van der Waals surface area contributed by atoms with Crippen molar-refractivity contribution in [1.82, 2.24) is 9.97 Å². The molecule has 0 spiro atoms. The minimum atomic E-state index is -1.18. The van der Waals surface area contributed by atoms with Crippen LogP contribution in [-0.2, 0) is 0 Å². The van der Waals surface area contributed by atoms with Gasteiger partial charge in [-0.1, -0.05) is 0 Å². The van der Waals surface area contributed by atoms with Gasteiger partial charge >= 0.3 is 6.09 Å². The van der Waals surface area contributed by atoms with Crippen LogP contribution >= 0.6 is 0 Å². The molecule has 0 saturated carbocycles. The lowest BCUT2D eigenvalue weighted by molar-refractivity contribution is 0.202. The monoisotopic (exact) mass is 308 g/mol. The second-order valence-corrected chi connectivity index (χ2v) is 4.53. The van der Waals surface area contributed by atoms with Gasteiger partial charge in [0.15, 0.2) is 12.2 Å². The Labute approximate surface area is 131 Å². The first-order valence-electron chi connectivity index (χ1n) is 6.70. The van der Waals surface area contributed by atoms with Crippen LogP contribution in [0.5, 0.6) is 0 Å². The Balaban J connectivity index is 1.84. The third-order valence-corrected chi connectivity index (χ3v) is 3.04. The summed E-state index contributed by atoms with van der Waals surface area (Å²) in [6.45, 7) is 0. The largest absolute Gasteiger partial charge is 0.463 e. The van der Waals surface area contributed by atoms with Gasteiger partial charge in [0, 0.05) is 18.0 Å². The number of pyridine rings is 1. The van der Waals surface area contributed by atoms with Crippen LogP contribution in [0.15, 0.2) is 70.9 Å². The van der Waals surface area contributed by atoms with Gasteiger partial charge in [0.2, 0.25) is 0 Å². The normalized spacial score (nSPS) is 10.8. The van der Waals surface area contributed by atoms with Crippen LogP contribution in [0, 0.1) is 0 Å². The molecule has 7 nitrogen and oxygen atoms in total. The number of amides is 1. The Bertz CT molecular complexity index is 799. The minimum Gasteiger partial charge on any atom is -0.463 e. The molecule has 0 saturated heterocycles. The third kappa shape index (κ3) is 3.41. The molecule has 0 unspecified atom stereocenters. The Morgan fingerprint density at radius 3 is 2.48 bits per heavy atom. The lowest BCUT2D eigenvalue weighted by Crippen LogP contribution is -2.23. The van der Waals surface area contributed by atoms with E-state index in [1.807, 2.05) is 0 Å². The standard InChI is InChI=1S/C16H12N4O3/c21-16(22)20(19-9-12-5-7-17-8-6-12)14-3-1-13(2-4-14)15-10-18-11-23-15/h1-11H,(H,21,22). The average Bonchev–Trinajstić information content (AvgIpc) is 3.11. The van der Waals surface area contributed by atoms with Crippen molar-refractivity contribution in [3.8, 4) is 11.3 Å². The molecule has 7 heteroatoms. The summed E-state index contributed by atoms with van der Waals surface area (Å²) in [7, 11) is 0. The summed E-state index contributed by atoms with van der Waals surface area (Å²) in [4.78, 5) is 19.1. The number of benzene rings is 1. The second-order valence-electron chi connectivity index (χ2n) is 4.53. The highest BCUT2D eigenvalue weighted by Crippen LogP contribution is 2.23. The molecule has 2 aromatic heterocycles. The van der Waals surface area contributed by atoms with Crippen molar-refractivity contribution in [1.29, 1.82) is 0 Å². The summed E-state index contributed by atoms with van der Waals surface area (Å²) in [6.07, 6.45) is 6.43. The van der Waals surface area contributed by atoms with Gasteiger partial charge in [-0.3, -0.25) is 4.98 Å². The SMILES string of the molecule is O=C(O)N(N=Cc1ccncc1)c1ccc(-c2cnco2)cc1. The van der Waals surface area contributed by atoms with Crippen molar-refractivity contribution in [3.05, 3.63) is 66.9 Å². The van der Waals surface area contributed by atoms with Gasteiger partial charge < -0.3 is 9.52 Å². The summed E-state index contributed by atoms with van der Waals surface area (Å²) < 4.78 is 5.20. The molecule has 114 valence electrons. The quantitative estimate of drug-likeness (QED) is 0.590. The van der Waals surface area contributed by atoms with E-state index < -0.39 is 6.09 Å². The first-order valence-corrected chi connectivity index (χ1v) is 6.70. The van der Waals surface area contributed by atoms with E-state index in [9.17, 15) is 9.90 Å². The van der Waals surface area contributed by atoms with Gasteiger partial charge in [-0.2, -0.15) is 10.1 Å². The first-order chi connectivity index (χ1) is 11.2. The Hall–Kier alpha value is -3.48. The number of rotatable bonds is 4. The molecule has 1 N–H and O–H groups in total. The fourth-order valence-electron chi connectivity index (χ4n) is 1.93. The summed E-state index contributed by atoms with van der Waals surface area (Å²) in [5.74, 6) is 0.610. The number of anilines is 1. The van der Waals surface area contributed by atoms with E-state index in [1.54, 1.807) is 55.0 Å². The van der Waals surface area contributed by atoms with Crippen molar-refractivity contribution >= 4 is 18.0 Å². The van der Waals surface area contributed by atoms with E-state index in [-0.39, 0.29) is 0 Å². The molecule has 0 radical (unpaired) electrons. The maximum atomic E-state index is 11.4. The summed E-state index contributed by atoms with van der Waals surface area (Å²) >= 11 is 0. The molecule has 0 fully saturated rings. The van der Waals surface area contributed by atoms with Crippen LogP contribution in [0.25, 0.3) is 11.3 Å². The van der Waals surface area contributed by atoms with Gasteiger partial charge in [0.25, 0.3) is 0 Å². The number of aromatic nitrogens is 2. The maximum Gasteiger partial charge on any atom is 0.432 e. The smallest absolute Gasteiger partial charge is 0.432 e. The Morgan fingerprint density at radius 2 is 1.87 bits per heavy atom. The topological polar surface area (TPSA) is 91.8 Å². The zero-order valence-corrected chi connectivity index (χ0v) is 11.9. The second kappa shape index (κ2) is 6.52. The lowest BCUT2D eigenvalue weighted by Gasteiger charge is -2.13. The summed E-state index contributed by atoms with van der Waals surface area (Å²) in [5, 5.41) is 14.2. The van der Waals surface area contributed by atoms with E-state index in [2.05, 4.69) is 15.1 Å². The van der Waals surface area contributed by atoms with E-state index >= 15 is 0 Å². The molecule has 0 atom stereocenters. The predicted octanol–water partition coefficient (Wildman–Crippen LogP) is 3.26. The van der Waals surface area contributed by atoms with Gasteiger partial charge in [-0.25, -0.2) is 9.78 Å². The van der Waals surface area contributed by atoms with E-state index in [4.69, 9.17) is 4.42 Å². The molecule has 3 rings (SSSR count). The molecule has 1 aromatic carbocycles. The lowest BCUT2D eigenvalue weighted by atomic mass is 10.1. The molecule has 0 aliphatic rings. The van der Waals surface area contributed by atoms with Gasteiger partial charge in [0.1, 0.15) is 0 Å². The molecular formula is C16H12N4O3. The van der Waals surface area contributed by atoms with E-state index in [0.717, 1.165) is 16.1 Å². The highest BCUT2D eigenvalue weighted by atomic mass is 16.4. The number of oxazole rings is 1. The highest BCUT2D eigenvalue weighted by molar-refractivity contribution is 5.89. The summed E-state index contributed by atoms with van der Waals surface area (Å²) in [5.41, 5.74) is 1.98. The molecule has 23 heavy (non-hydrogen) atoms. The average molecular weight is 308 g/mol. The van der Waals surface area contributed by atoms with Crippen molar-refractivity contribution in [2.75, 3.05) is 5.01 Å². The zero-order chi connectivity index (χ0) is 16.1. The molecule has 3 aromatic rings. The number of hydrogen-bond acceptors (Lipinski definition) is 5. The Kier molecular flexibility index (Phi) is 4.10. The van der Waals surface area contributed by atoms with E-state index in [0.29, 0.717) is 11.4 Å². The maximum absolute atomic E-state index is 11.4. The van der Waals surface area contributed by atoms with Crippen LogP contribution in [0.2, 0.25) is 0 Å². The highest BCUT2D eigenvalue weighted by Gasteiger charge is 2.13. The molecule has 0 aliphatic heterocycles. The van der Waals surface area contributed by atoms with Crippen LogP contribution in [0.3, 0.4) is 0 Å². The molecule has 0 aliphatic carbocycles. The molecule has 0 bridgehead atoms. The minimum absolute atomic E-state index is 0.422. The van der Waals surface area contributed by atoms with Crippen LogP contribution in [-0.4, -0.2) is 27.4 Å². The van der Waals surface area contributed by atoms with Gasteiger partial charge in [-0.15, -0.1) is 0 Å². The predicted molar refractivity (Wildman–Crippen MR) is 84.3 cm³/mol. The molecule has 1 amide bonds. The fraction of sp³-hybridized carbons (Fsp3) is 0. The number of carbonyl (C=O) groups is 1. The first kappa shape index (κ1) is 14.5. The number of hydrazone groups is 1. The van der Waals surface area contributed by atoms with Gasteiger partial charge in [0.05, 0.1) is 18.1 Å². The summed E-state index contributed by atoms with van der Waals surface area (Å²) in [6, 6.07) is 10.3. The zero-order valence-electron chi connectivity index (χ0n) is 11.9. The third-order valence-electron chi connectivity index (χ3n) is 3.04. The van der Waals surface area contributed by atoms with Crippen molar-refractivity contribution in [2.45, 2.75) is 0 Å². The van der Waals surface area contributed by atoms with Crippen LogP contribution in [0.1, 0.15) is 5.56 Å². The van der Waals surface area contributed by atoms with Crippen molar-refractivity contribution in [3.63, 3.8) is 0 Å². The molecular weight excluding hydrogens is 296 g/mol.